The topological polar surface area (TPSA) is 26.3 Å². The minimum atomic E-state index is 0.0130. The maximum atomic E-state index is 10.9. The lowest BCUT2D eigenvalue weighted by molar-refractivity contribution is 0.112. The van der Waals surface area contributed by atoms with E-state index in [1.807, 2.05) is 25.1 Å². The van der Waals surface area contributed by atoms with Crippen LogP contribution in [0.25, 0.3) is 0 Å². The molecule has 0 saturated carbocycles. The van der Waals surface area contributed by atoms with Crippen LogP contribution >= 0.6 is 0 Å². The van der Waals surface area contributed by atoms with Crippen molar-refractivity contribution >= 4 is 6.29 Å². The summed E-state index contributed by atoms with van der Waals surface area (Å²) in [4.78, 5) is 10.9. The van der Waals surface area contributed by atoms with Crippen LogP contribution in [-0.2, 0) is 5.41 Å². The molecule has 0 amide bonds. The molecule has 21 heavy (non-hydrogen) atoms. The third-order valence-electron chi connectivity index (χ3n) is 3.54. The average molecular weight is 282 g/mol. The van der Waals surface area contributed by atoms with Gasteiger partial charge in [0, 0.05) is 11.1 Å². The van der Waals surface area contributed by atoms with Crippen LogP contribution in [0.15, 0.2) is 36.4 Å². The van der Waals surface area contributed by atoms with Gasteiger partial charge in [0.15, 0.2) is 0 Å². The van der Waals surface area contributed by atoms with Crippen LogP contribution < -0.4 is 4.74 Å². The molecular formula is C19H22O2. The van der Waals surface area contributed by atoms with E-state index < -0.39 is 0 Å². The maximum absolute atomic E-state index is 10.9. The van der Waals surface area contributed by atoms with Crippen LogP contribution in [0, 0.1) is 13.8 Å². The molecule has 2 aromatic carbocycles. The van der Waals surface area contributed by atoms with Gasteiger partial charge in [0.2, 0.25) is 0 Å². The number of benzene rings is 2. The summed E-state index contributed by atoms with van der Waals surface area (Å²) >= 11 is 0. The molecule has 2 heteroatoms. The van der Waals surface area contributed by atoms with Crippen molar-refractivity contribution in [2.45, 2.75) is 40.0 Å². The highest BCUT2D eigenvalue weighted by Gasteiger charge is 2.19. The Morgan fingerprint density at radius 1 is 1.00 bits per heavy atom. The van der Waals surface area contributed by atoms with Crippen molar-refractivity contribution < 1.29 is 9.53 Å². The number of hydrogen-bond acceptors (Lipinski definition) is 2. The van der Waals surface area contributed by atoms with Gasteiger partial charge in [0.25, 0.3) is 0 Å². The summed E-state index contributed by atoms with van der Waals surface area (Å²) in [6.07, 6.45) is 0.867. The Hall–Kier alpha value is -2.09. The first-order valence-electron chi connectivity index (χ1n) is 7.16. The minimum absolute atomic E-state index is 0.0130. The lowest BCUT2D eigenvalue weighted by Gasteiger charge is -2.23. The normalized spacial score (nSPS) is 11.3. The Bertz CT molecular complexity index is 664. The van der Waals surface area contributed by atoms with Gasteiger partial charge < -0.3 is 4.74 Å². The molecule has 0 N–H and O–H groups in total. The summed E-state index contributed by atoms with van der Waals surface area (Å²) in [6.45, 7) is 10.5. The zero-order valence-corrected chi connectivity index (χ0v) is 13.4. The van der Waals surface area contributed by atoms with Gasteiger partial charge in [-0.1, -0.05) is 38.5 Å². The molecule has 2 nitrogen and oxygen atoms in total. The Morgan fingerprint density at radius 3 is 2.29 bits per heavy atom. The van der Waals surface area contributed by atoms with Crippen LogP contribution in [0.5, 0.6) is 11.5 Å². The molecule has 0 fully saturated rings. The Labute approximate surface area is 126 Å². The van der Waals surface area contributed by atoms with Crippen molar-refractivity contribution in [3.05, 3.63) is 58.7 Å². The molecule has 0 aliphatic rings. The summed E-state index contributed by atoms with van der Waals surface area (Å²) in [6, 6.07) is 11.8. The van der Waals surface area contributed by atoms with Crippen LogP contribution in [0.3, 0.4) is 0 Å². The Kier molecular flexibility index (Phi) is 4.17. The monoisotopic (exact) mass is 282 g/mol. The van der Waals surface area contributed by atoms with E-state index in [1.165, 1.54) is 11.1 Å². The van der Waals surface area contributed by atoms with E-state index in [-0.39, 0.29) is 5.41 Å². The first-order valence-corrected chi connectivity index (χ1v) is 7.16. The van der Waals surface area contributed by atoms with Crippen LogP contribution in [0.2, 0.25) is 0 Å². The standard InChI is InChI=1S/C19H22O2/c1-13-6-9-18(17(10-13)19(3,4)5)21-16-8-7-15(12-20)14(2)11-16/h6-12H,1-5H3. The highest BCUT2D eigenvalue weighted by Crippen LogP contribution is 2.35. The number of ether oxygens (including phenoxy) is 1. The van der Waals surface area contributed by atoms with Crippen molar-refractivity contribution in [1.29, 1.82) is 0 Å². The van der Waals surface area contributed by atoms with Gasteiger partial charge in [0.05, 0.1) is 0 Å². The number of carbonyl (C=O) groups excluding carboxylic acids is 1. The van der Waals surface area contributed by atoms with E-state index in [0.717, 1.165) is 23.3 Å². The molecule has 0 saturated heterocycles. The summed E-state index contributed by atoms with van der Waals surface area (Å²) in [5.74, 6) is 1.62. The smallest absolute Gasteiger partial charge is 0.150 e. The predicted molar refractivity (Wildman–Crippen MR) is 86.5 cm³/mol. The Morgan fingerprint density at radius 2 is 1.71 bits per heavy atom. The van der Waals surface area contributed by atoms with Crippen LogP contribution in [0.4, 0.5) is 0 Å². The average Bonchev–Trinajstić information content (AvgIpc) is 2.40. The zero-order chi connectivity index (χ0) is 15.6. The van der Waals surface area contributed by atoms with E-state index in [9.17, 15) is 4.79 Å². The van der Waals surface area contributed by atoms with E-state index in [0.29, 0.717) is 5.56 Å². The molecule has 0 atom stereocenters. The first-order chi connectivity index (χ1) is 9.81. The second-order valence-electron chi connectivity index (χ2n) is 6.49. The van der Waals surface area contributed by atoms with Gasteiger partial charge in [-0.2, -0.15) is 0 Å². The van der Waals surface area contributed by atoms with Crippen LogP contribution in [0.1, 0.15) is 47.8 Å². The van der Waals surface area contributed by atoms with E-state index >= 15 is 0 Å². The molecule has 2 aromatic rings. The van der Waals surface area contributed by atoms with Gasteiger partial charge >= 0.3 is 0 Å². The zero-order valence-electron chi connectivity index (χ0n) is 13.4. The number of aryl methyl sites for hydroxylation is 2. The molecule has 0 aromatic heterocycles. The van der Waals surface area contributed by atoms with Gasteiger partial charge in [0.1, 0.15) is 17.8 Å². The third kappa shape index (κ3) is 3.52. The van der Waals surface area contributed by atoms with Crippen molar-refractivity contribution in [2.24, 2.45) is 0 Å². The fraction of sp³-hybridized carbons (Fsp3) is 0.316. The van der Waals surface area contributed by atoms with Gasteiger partial charge in [-0.15, -0.1) is 0 Å². The second-order valence-corrected chi connectivity index (χ2v) is 6.49. The quantitative estimate of drug-likeness (QED) is 0.723. The first kappa shape index (κ1) is 15.3. The molecule has 0 radical (unpaired) electrons. The van der Waals surface area contributed by atoms with Gasteiger partial charge in [-0.05, 0) is 49.1 Å². The summed E-state index contributed by atoms with van der Waals surface area (Å²) < 4.78 is 6.06. The summed E-state index contributed by atoms with van der Waals surface area (Å²) in [5, 5.41) is 0. The van der Waals surface area contributed by atoms with Gasteiger partial charge in [-0.25, -0.2) is 0 Å². The molecule has 110 valence electrons. The lowest BCUT2D eigenvalue weighted by Crippen LogP contribution is -2.12. The fourth-order valence-corrected chi connectivity index (χ4v) is 2.29. The number of aldehydes is 1. The minimum Gasteiger partial charge on any atom is -0.457 e. The molecule has 2 rings (SSSR count). The van der Waals surface area contributed by atoms with Gasteiger partial charge in [-0.3, -0.25) is 4.79 Å². The largest absolute Gasteiger partial charge is 0.457 e. The van der Waals surface area contributed by atoms with Crippen molar-refractivity contribution in [2.75, 3.05) is 0 Å². The highest BCUT2D eigenvalue weighted by atomic mass is 16.5. The summed E-state index contributed by atoms with van der Waals surface area (Å²) in [7, 11) is 0. The van der Waals surface area contributed by atoms with Crippen LogP contribution in [-0.4, -0.2) is 6.29 Å². The lowest BCUT2D eigenvalue weighted by atomic mass is 9.85. The van der Waals surface area contributed by atoms with Crippen molar-refractivity contribution in [3.8, 4) is 11.5 Å². The number of rotatable bonds is 3. The van der Waals surface area contributed by atoms with Crippen molar-refractivity contribution in [3.63, 3.8) is 0 Å². The number of carbonyl (C=O) groups is 1. The summed E-state index contributed by atoms with van der Waals surface area (Å²) in [5.41, 5.74) is 4.03. The molecule has 0 spiro atoms. The highest BCUT2D eigenvalue weighted by molar-refractivity contribution is 5.77. The van der Waals surface area contributed by atoms with Crippen molar-refractivity contribution in [1.82, 2.24) is 0 Å². The van der Waals surface area contributed by atoms with E-state index in [2.05, 4.69) is 39.8 Å². The van der Waals surface area contributed by atoms with E-state index in [1.54, 1.807) is 6.07 Å². The molecule has 0 heterocycles. The third-order valence-corrected chi connectivity index (χ3v) is 3.54. The molecule has 0 unspecified atom stereocenters. The molecular weight excluding hydrogens is 260 g/mol. The molecule has 0 bridgehead atoms. The predicted octanol–water partition coefficient (Wildman–Crippen LogP) is 5.21. The molecule has 0 aliphatic carbocycles. The second kappa shape index (κ2) is 5.72. The maximum Gasteiger partial charge on any atom is 0.150 e. The molecule has 0 aliphatic heterocycles. The number of hydrogen-bond donors (Lipinski definition) is 0. The fourth-order valence-electron chi connectivity index (χ4n) is 2.29. The Balaban J connectivity index is 2.40. The van der Waals surface area contributed by atoms with E-state index in [4.69, 9.17) is 4.74 Å². The SMILES string of the molecule is Cc1ccc(Oc2ccc(C=O)c(C)c2)c(C(C)(C)C)c1.